The average Bonchev–Trinajstić information content (AvgIpc) is 2.90. The summed E-state index contributed by atoms with van der Waals surface area (Å²) in [6, 6.07) is 0. The number of fused-ring (bicyclic) bond motifs is 5. The Morgan fingerprint density at radius 2 is 1.96 bits per heavy atom. The van der Waals surface area contributed by atoms with E-state index in [0.717, 1.165) is 0 Å². The molecule has 0 bridgehead atoms. The van der Waals surface area contributed by atoms with Crippen molar-refractivity contribution < 1.29 is 32.1 Å². The van der Waals surface area contributed by atoms with Crippen LogP contribution in [0.1, 0.15) is 72.0 Å². The van der Waals surface area contributed by atoms with Crippen LogP contribution in [0.5, 0.6) is 0 Å². The van der Waals surface area contributed by atoms with Crippen LogP contribution < -0.4 is 0 Å². The lowest BCUT2D eigenvalue weighted by molar-refractivity contribution is -0.202. The molecule has 4 rings (SSSR count). The number of rotatable bonds is 2. The van der Waals surface area contributed by atoms with Crippen molar-refractivity contribution in [3.63, 3.8) is 0 Å². The molecule has 5 heteroatoms. The van der Waals surface area contributed by atoms with Crippen molar-refractivity contribution in [1.82, 2.24) is 0 Å². The van der Waals surface area contributed by atoms with E-state index in [2.05, 4.69) is 0 Å². The highest BCUT2D eigenvalue weighted by atomic mass is 16.3. The highest BCUT2D eigenvalue weighted by molar-refractivity contribution is 5.89. The molecular weight excluding hydrogens is 332 g/mol. The predicted octanol–water partition coefficient (Wildman–Crippen LogP) is 1.65. The Morgan fingerprint density at radius 1 is 1.23 bits per heavy atom. The Morgan fingerprint density at radius 3 is 2.65 bits per heavy atom. The molecule has 4 aliphatic carbocycles. The topological polar surface area (TPSA) is 98.0 Å². The molecule has 0 radical (unpaired) electrons. The number of aliphatic hydroxyl groups excluding tert-OH is 2. The van der Waals surface area contributed by atoms with E-state index < -0.39 is 65.6 Å². The fourth-order valence-corrected chi connectivity index (χ4v) is 7.17. The number of hydrogen-bond donors (Lipinski definition) is 4. The zero-order valence-corrected chi connectivity index (χ0v) is 15.5. The van der Waals surface area contributed by atoms with Crippen LogP contribution in [0.2, 0.25) is 0 Å². The van der Waals surface area contributed by atoms with Crippen LogP contribution in [0.3, 0.4) is 0 Å². The smallest absolute Gasteiger partial charge is 0.190 e. The molecule has 5 nitrogen and oxygen atoms in total. The zero-order chi connectivity index (χ0) is 23.4. The zero-order valence-electron chi connectivity index (χ0n) is 20.5. The molecule has 9 atom stereocenters. The Kier molecular flexibility index (Phi) is 3.15. The first-order valence-electron chi connectivity index (χ1n) is 12.3. The summed E-state index contributed by atoms with van der Waals surface area (Å²) in [7, 11) is 0. The highest BCUT2D eigenvalue weighted by Gasteiger charge is 2.68. The van der Waals surface area contributed by atoms with Gasteiger partial charge in [0.25, 0.3) is 0 Å². The third kappa shape index (κ3) is 2.27. The molecule has 0 saturated heterocycles. The molecule has 26 heavy (non-hydrogen) atoms. The van der Waals surface area contributed by atoms with Crippen LogP contribution in [0.4, 0.5) is 0 Å². The van der Waals surface area contributed by atoms with Gasteiger partial charge in [0.1, 0.15) is 12.2 Å². The van der Waals surface area contributed by atoms with Crippen LogP contribution in [-0.4, -0.2) is 50.6 Å². The predicted molar refractivity (Wildman–Crippen MR) is 96.2 cm³/mol. The van der Waals surface area contributed by atoms with Gasteiger partial charge in [0.05, 0.1) is 13.6 Å². The largest absolute Gasteiger partial charge is 0.393 e. The summed E-state index contributed by atoms with van der Waals surface area (Å²) in [5, 5.41) is 42.6. The SMILES string of the molecule is [2H]C1([2H])C[C@]2(C)[C@@H]3[C@@H](CC[C@@H]2C([2H])([2H])[C@]1([2H])O)[C@@H]1CC[C@](O)(C(=O)CO)[C@@]1(C)C[C@@H]3O. The molecule has 0 aliphatic heterocycles. The first-order chi connectivity index (χ1) is 14.0. The molecule has 148 valence electrons. The molecular formula is C21H34O5. The van der Waals surface area contributed by atoms with Gasteiger partial charge in [-0.1, -0.05) is 13.8 Å². The molecule has 4 aliphatic rings. The van der Waals surface area contributed by atoms with Gasteiger partial charge in [-0.2, -0.15) is 0 Å². The summed E-state index contributed by atoms with van der Waals surface area (Å²) in [5.41, 5.74) is -3.65. The second-order valence-corrected chi connectivity index (χ2v) is 9.45. The van der Waals surface area contributed by atoms with E-state index in [0.29, 0.717) is 19.3 Å². The quantitative estimate of drug-likeness (QED) is 0.592. The van der Waals surface area contributed by atoms with Crippen molar-refractivity contribution in [3.05, 3.63) is 0 Å². The summed E-state index contributed by atoms with van der Waals surface area (Å²) in [6.45, 7) is 2.78. The van der Waals surface area contributed by atoms with Crippen molar-refractivity contribution in [2.45, 2.75) is 82.9 Å². The number of hydrogen-bond acceptors (Lipinski definition) is 5. The van der Waals surface area contributed by atoms with Crippen LogP contribution in [-0.2, 0) is 4.79 Å². The van der Waals surface area contributed by atoms with Crippen LogP contribution in [0, 0.1) is 34.5 Å². The van der Waals surface area contributed by atoms with Gasteiger partial charge in [-0.3, -0.25) is 4.79 Å². The highest BCUT2D eigenvalue weighted by Crippen LogP contribution is 2.68. The molecule has 4 fully saturated rings. The van der Waals surface area contributed by atoms with Gasteiger partial charge in [-0.15, -0.1) is 0 Å². The molecule has 0 aromatic heterocycles. The number of aliphatic hydroxyl groups is 4. The van der Waals surface area contributed by atoms with Gasteiger partial charge >= 0.3 is 0 Å². The van der Waals surface area contributed by atoms with E-state index >= 15 is 0 Å². The van der Waals surface area contributed by atoms with Gasteiger partial charge < -0.3 is 20.4 Å². The standard InChI is InChI=1S/C21H34O5/c1-19-7-5-13(23)9-12(19)3-4-14-15-6-8-21(26,17(25)11-22)20(15,2)10-16(24)18(14)19/h12-16,18,22-24,26H,3-11H2,1-2H3/t12-,13-,14+,15+,16+,18-,19+,20+,21+/m1/s1/i5D2,9D2,13D. The summed E-state index contributed by atoms with van der Waals surface area (Å²) < 4.78 is 41.9. The average molecular weight is 372 g/mol. The van der Waals surface area contributed by atoms with Crippen molar-refractivity contribution in [3.8, 4) is 0 Å². The van der Waals surface area contributed by atoms with Crippen LogP contribution in [0.25, 0.3) is 0 Å². The lowest BCUT2D eigenvalue weighted by atomic mass is 9.43. The van der Waals surface area contributed by atoms with E-state index in [9.17, 15) is 25.2 Å². The monoisotopic (exact) mass is 371 g/mol. The summed E-state index contributed by atoms with van der Waals surface area (Å²) >= 11 is 0. The van der Waals surface area contributed by atoms with E-state index in [1.54, 1.807) is 13.8 Å². The number of carbonyl (C=O) groups excluding carboxylic acids is 1. The molecule has 0 spiro atoms. The van der Waals surface area contributed by atoms with E-state index in [-0.39, 0.29) is 31.1 Å². The third-order valence-electron chi connectivity index (χ3n) is 8.50. The third-order valence-corrected chi connectivity index (χ3v) is 8.50. The van der Waals surface area contributed by atoms with Crippen molar-refractivity contribution in [2.24, 2.45) is 34.5 Å². The molecule has 4 saturated carbocycles. The van der Waals surface area contributed by atoms with Crippen molar-refractivity contribution >= 4 is 5.78 Å². The summed E-state index contributed by atoms with van der Waals surface area (Å²) in [6.07, 6.45) is -7.49. The van der Waals surface area contributed by atoms with Crippen LogP contribution in [0.15, 0.2) is 0 Å². The molecule has 0 aromatic carbocycles. The maximum Gasteiger partial charge on any atom is 0.190 e. The molecule has 0 unspecified atom stereocenters. The molecule has 0 amide bonds. The van der Waals surface area contributed by atoms with Crippen LogP contribution >= 0.6 is 0 Å². The lowest BCUT2D eigenvalue weighted by Gasteiger charge is -2.62. The first-order valence-corrected chi connectivity index (χ1v) is 9.78. The Hall–Kier alpha value is -0.490. The second-order valence-electron chi connectivity index (χ2n) is 9.45. The van der Waals surface area contributed by atoms with Gasteiger partial charge in [-0.05, 0) is 80.4 Å². The Bertz CT molecular complexity index is 790. The molecule has 0 aromatic rings. The minimum absolute atomic E-state index is 0.0977. The fraction of sp³-hybridized carbons (Fsp3) is 0.952. The minimum Gasteiger partial charge on any atom is -0.393 e. The normalized spacial score (nSPS) is 65.9. The van der Waals surface area contributed by atoms with Crippen molar-refractivity contribution in [2.75, 3.05) is 6.61 Å². The van der Waals surface area contributed by atoms with Gasteiger partial charge in [0.2, 0.25) is 0 Å². The number of Topliss-reactive ketones (excluding diaryl/α,β-unsaturated/α-hetero) is 1. The number of ketones is 1. The van der Waals surface area contributed by atoms with E-state index in [1.165, 1.54) is 0 Å². The lowest BCUT2D eigenvalue weighted by Crippen LogP contribution is -2.63. The second kappa shape index (κ2) is 6.00. The fourth-order valence-electron chi connectivity index (χ4n) is 7.17. The summed E-state index contributed by atoms with van der Waals surface area (Å²) in [5.74, 6) is -2.21. The van der Waals surface area contributed by atoms with Gasteiger partial charge in [0.15, 0.2) is 5.78 Å². The number of carbonyl (C=O) groups is 1. The van der Waals surface area contributed by atoms with Gasteiger partial charge in [0, 0.05) is 10.9 Å². The minimum atomic E-state index is -2.90. The maximum atomic E-state index is 12.5. The first kappa shape index (κ1) is 13.6. The molecule has 0 heterocycles. The van der Waals surface area contributed by atoms with E-state index in [4.69, 9.17) is 6.85 Å². The van der Waals surface area contributed by atoms with Crippen molar-refractivity contribution in [1.29, 1.82) is 0 Å². The van der Waals surface area contributed by atoms with Gasteiger partial charge in [-0.25, -0.2) is 0 Å². The van der Waals surface area contributed by atoms with E-state index in [1.807, 2.05) is 0 Å². The summed E-state index contributed by atoms with van der Waals surface area (Å²) in [4.78, 5) is 12.5. The molecule has 4 N–H and O–H groups in total. The Balaban J connectivity index is 1.77. The maximum absolute atomic E-state index is 12.5. The Labute approximate surface area is 162 Å².